The van der Waals surface area contributed by atoms with Crippen LogP contribution >= 0.6 is 0 Å². The van der Waals surface area contributed by atoms with Crippen LogP contribution in [0.15, 0.2) is 39.9 Å². The van der Waals surface area contributed by atoms with Crippen molar-refractivity contribution in [2.24, 2.45) is 0 Å². The van der Waals surface area contributed by atoms with Gasteiger partial charge in [0.15, 0.2) is 0 Å². The largest absolute Gasteiger partial charge is 0.328 e. The average Bonchev–Trinajstić information content (AvgIpc) is 2.50. The standard InChI is InChI=1S/C19H26N2O2/c1-4-5-9-12-21-16(13-15-10-7-6-8-11-15)17(14(2)3)18(22)20-19(21)23/h6-8,10-11,14H,4-5,9,12-13H2,1-3H3,(H,20,22,23). The van der Waals surface area contributed by atoms with Crippen molar-refractivity contribution in [2.75, 3.05) is 0 Å². The summed E-state index contributed by atoms with van der Waals surface area (Å²) in [4.78, 5) is 27.1. The van der Waals surface area contributed by atoms with E-state index in [9.17, 15) is 9.59 Å². The van der Waals surface area contributed by atoms with Crippen molar-refractivity contribution >= 4 is 0 Å². The van der Waals surface area contributed by atoms with E-state index in [1.165, 1.54) is 0 Å². The second-order valence-corrected chi connectivity index (χ2v) is 6.30. The lowest BCUT2D eigenvalue weighted by atomic mass is 9.98. The van der Waals surface area contributed by atoms with E-state index in [2.05, 4.69) is 11.9 Å². The normalized spacial score (nSPS) is 11.1. The van der Waals surface area contributed by atoms with Crippen LogP contribution < -0.4 is 11.2 Å². The first-order valence-corrected chi connectivity index (χ1v) is 8.44. The van der Waals surface area contributed by atoms with Crippen molar-refractivity contribution in [1.82, 2.24) is 9.55 Å². The van der Waals surface area contributed by atoms with Crippen LogP contribution in [0.2, 0.25) is 0 Å². The summed E-state index contributed by atoms with van der Waals surface area (Å²) in [6.07, 6.45) is 3.73. The molecular weight excluding hydrogens is 288 g/mol. The third kappa shape index (κ3) is 4.21. The molecule has 0 aliphatic carbocycles. The molecule has 124 valence electrons. The third-order valence-electron chi connectivity index (χ3n) is 4.12. The van der Waals surface area contributed by atoms with Crippen LogP contribution in [-0.2, 0) is 13.0 Å². The highest BCUT2D eigenvalue weighted by molar-refractivity contribution is 5.28. The number of aromatic nitrogens is 2. The van der Waals surface area contributed by atoms with Gasteiger partial charge < -0.3 is 0 Å². The van der Waals surface area contributed by atoms with Gasteiger partial charge in [-0.2, -0.15) is 0 Å². The van der Waals surface area contributed by atoms with Gasteiger partial charge in [-0.15, -0.1) is 0 Å². The van der Waals surface area contributed by atoms with Crippen molar-refractivity contribution < 1.29 is 0 Å². The molecule has 2 aromatic rings. The monoisotopic (exact) mass is 314 g/mol. The van der Waals surface area contributed by atoms with Crippen molar-refractivity contribution in [3.8, 4) is 0 Å². The van der Waals surface area contributed by atoms with E-state index in [0.29, 0.717) is 13.0 Å². The molecule has 1 aromatic carbocycles. The SMILES string of the molecule is CCCCCn1c(Cc2ccccc2)c(C(C)C)c(=O)[nH]c1=O. The second-order valence-electron chi connectivity index (χ2n) is 6.30. The number of aromatic amines is 1. The highest BCUT2D eigenvalue weighted by Gasteiger charge is 2.17. The summed E-state index contributed by atoms with van der Waals surface area (Å²) in [7, 11) is 0. The van der Waals surface area contributed by atoms with Crippen molar-refractivity contribution in [1.29, 1.82) is 0 Å². The molecule has 2 rings (SSSR count). The Morgan fingerprint density at radius 2 is 1.78 bits per heavy atom. The maximum Gasteiger partial charge on any atom is 0.328 e. The Morgan fingerprint density at radius 1 is 1.09 bits per heavy atom. The fraction of sp³-hybridized carbons (Fsp3) is 0.474. The Kier molecular flexibility index (Phi) is 5.97. The molecule has 0 radical (unpaired) electrons. The number of hydrogen-bond acceptors (Lipinski definition) is 2. The zero-order chi connectivity index (χ0) is 16.8. The van der Waals surface area contributed by atoms with Crippen LogP contribution in [0.1, 0.15) is 62.8 Å². The highest BCUT2D eigenvalue weighted by atomic mass is 16.2. The molecule has 0 bridgehead atoms. The molecule has 0 spiro atoms. The minimum absolute atomic E-state index is 0.0792. The Bertz CT molecular complexity index is 742. The maximum atomic E-state index is 12.3. The van der Waals surface area contributed by atoms with Gasteiger partial charge >= 0.3 is 5.69 Å². The van der Waals surface area contributed by atoms with Crippen LogP contribution in [0.5, 0.6) is 0 Å². The average molecular weight is 314 g/mol. The number of nitrogens with one attached hydrogen (secondary N) is 1. The summed E-state index contributed by atoms with van der Waals surface area (Å²) < 4.78 is 1.76. The van der Waals surface area contributed by atoms with E-state index < -0.39 is 0 Å². The number of rotatable bonds is 7. The van der Waals surface area contributed by atoms with Crippen LogP contribution in [0.3, 0.4) is 0 Å². The summed E-state index contributed by atoms with van der Waals surface area (Å²) in [5.41, 5.74) is 2.16. The molecule has 0 saturated heterocycles. The predicted molar refractivity (Wildman–Crippen MR) is 94.2 cm³/mol. The maximum absolute atomic E-state index is 12.3. The number of hydrogen-bond donors (Lipinski definition) is 1. The first-order chi connectivity index (χ1) is 11.0. The zero-order valence-electron chi connectivity index (χ0n) is 14.3. The zero-order valence-corrected chi connectivity index (χ0v) is 14.3. The van der Waals surface area contributed by atoms with E-state index in [-0.39, 0.29) is 17.2 Å². The number of nitrogens with zero attached hydrogens (tertiary/aromatic N) is 1. The van der Waals surface area contributed by atoms with Gasteiger partial charge in [0.2, 0.25) is 0 Å². The molecule has 0 atom stereocenters. The van der Waals surface area contributed by atoms with E-state index in [4.69, 9.17) is 0 Å². The van der Waals surface area contributed by atoms with Crippen LogP contribution in [0.25, 0.3) is 0 Å². The summed E-state index contributed by atoms with van der Waals surface area (Å²) in [6, 6.07) is 10.0. The lowest BCUT2D eigenvalue weighted by Crippen LogP contribution is -2.36. The van der Waals surface area contributed by atoms with Crippen molar-refractivity contribution in [3.05, 3.63) is 68.0 Å². The molecule has 0 amide bonds. The molecule has 1 aromatic heterocycles. The molecule has 0 aliphatic heterocycles. The fourth-order valence-corrected chi connectivity index (χ4v) is 2.96. The number of H-pyrrole nitrogens is 1. The lowest BCUT2D eigenvalue weighted by molar-refractivity contribution is 0.547. The first kappa shape index (κ1) is 17.3. The Hall–Kier alpha value is -2.10. The van der Waals surface area contributed by atoms with Gasteiger partial charge in [0.1, 0.15) is 0 Å². The molecule has 0 fully saturated rings. The third-order valence-corrected chi connectivity index (χ3v) is 4.12. The molecule has 1 N–H and O–H groups in total. The van der Waals surface area contributed by atoms with Gasteiger partial charge in [-0.1, -0.05) is 63.9 Å². The quantitative estimate of drug-likeness (QED) is 0.796. The minimum atomic E-state index is -0.290. The molecule has 23 heavy (non-hydrogen) atoms. The molecular formula is C19H26N2O2. The Balaban J connectivity index is 2.53. The fourth-order valence-electron chi connectivity index (χ4n) is 2.96. The lowest BCUT2D eigenvalue weighted by Gasteiger charge is -2.18. The molecule has 0 unspecified atom stereocenters. The van der Waals surface area contributed by atoms with Crippen LogP contribution in [0, 0.1) is 0 Å². The highest BCUT2D eigenvalue weighted by Crippen LogP contribution is 2.18. The predicted octanol–water partition coefficient (Wildman–Crippen LogP) is 3.44. The number of benzene rings is 1. The molecule has 4 heteroatoms. The van der Waals surface area contributed by atoms with Crippen molar-refractivity contribution in [2.45, 2.75) is 58.9 Å². The van der Waals surface area contributed by atoms with E-state index in [1.807, 2.05) is 44.2 Å². The van der Waals surface area contributed by atoms with Gasteiger partial charge in [0.05, 0.1) is 0 Å². The Labute approximate surface area is 137 Å². The summed E-state index contributed by atoms with van der Waals surface area (Å²) in [5, 5.41) is 0. The van der Waals surface area contributed by atoms with E-state index in [0.717, 1.165) is 36.1 Å². The Morgan fingerprint density at radius 3 is 2.39 bits per heavy atom. The van der Waals surface area contributed by atoms with E-state index >= 15 is 0 Å². The topological polar surface area (TPSA) is 54.9 Å². The molecule has 4 nitrogen and oxygen atoms in total. The van der Waals surface area contributed by atoms with Gasteiger partial charge in [0, 0.05) is 24.2 Å². The first-order valence-electron chi connectivity index (χ1n) is 8.44. The van der Waals surface area contributed by atoms with Crippen molar-refractivity contribution in [3.63, 3.8) is 0 Å². The van der Waals surface area contributed by atoms with Crippen LogP contribution in [0.4, 0.5) is 0 Å². The van der Waals surface area contributed by atoms with Gasteiger partial charge in [-0.05, 0) is 17.9 Å². The molecule has 0 aliphatic rings. The van der Waals surface area contributed by atoms with Gasteiger partial charge in [0.25, 0.3) is 5.56 Å². The van der Waals surface area contributed by atoms with Gasteiger partial charge in [-0.3, -0.25) is 14.3 Å². The summed E-state index contributed by atoms with van der Waals surface area (Å²) in [5.74, 6) is 0.0792. The minimum Gasteiger partial charge on any atom is -0.297 e. The molecule has 1 heterocycles. The number of unbranched alkanes of at least 4 members (excludes halogenated alkanes) is 2. The second kappa shape index (κ2) is 7.95. The molecule has 0 saturated carbocycles. The summed E-state index contributed by atoms with van der Waals surface area (Å²) >= 11 is 0. The van der Waals surface area contributed by atoms with Gasteiger partial charge in [-0.25, -0.2) is 4.79 Å². The smallest absolute Gasteiger partial charge is 0.297 e. The summed E-state index contributed by atoms with van der Waals surface area (Å²) in [6.45, 7) is 6.80. The van der Waals surface area contributed by atoms with Crippen LogP contribution in [-0.4, -0.2) is 9.55 Å². The van der Waals surface area contributed by atoms with E-state index in [1.54, 1.807) is 4.57 Å².